The lowest BCUT2D eigenvalue weighted by molar-refractivity contribution is -0.895. The van der Waals surface area contributed by atoms with Crippen LogP contribution < -0.4 is 9.80 Å². The van der Waals surface area contributed by atoms with E-state index in [4.69, 9.17) is 10.1 Å². The van der Waals surface area contributed by atoms with Crippen molar-refractivity contribution in [1.82, 2.24) is 19.6 Å². The number of piperazine rings is 1. The Bertz CT molecular complexity index is 995. The molecule has 1 aliphatic heterocycles. The molecule has 0 spiro atoms. The van der Waals surface area contributed by atoms with Gasteiger partial charge in [0.15, 0.2) is 11.3 Å². The highest BCUT2D eigenvalue weighted by molar-refractivity contribution is 5.93. The second kappa shape index (κ2) is 6.36. The number of nitrogens with zero attached hydrogens (tertiary/aromatic N) is 5. The lowest BCUT2D eigenvalue weighted by atomic mass is 10.2. The molecule has 4 rings (SSSR count). The molecule has 1 saturated heterocycles. The fourth-order valence-electron chi connectivity index (χ4n) is 4.00. The molecule has 3 aromatic heterocycles. The number of fused-ring (bicyclic) bond motifs is 3. The average Bonchev–Trinajstić information content (AvgIpc) is 2.92. The molecule has 1 aliphatic rings. The molecule has 26 heavy (non-hydrogen) atoms. The van der Waals surface area contributed by atoms with E-state index in [-0.39, 0.29) is 0 Å². The van der Waals surface area contributed by atoms with Crippen molar-refractivity contribution >= 4 is 22.5 Å². The molecule has 0 atom stereocenters. The molecule has 3 aromatic rings. The van der Waals surface area contributed by atoms with Crippen LogP contribution in [-0.4, -0.2) is 52.3 Å². The van der Waals surface area contributed by atoms with Gasteiger partial charge in [-0.2, -0.15) is 4.52 Å². The Kier molecular flexibility index (Phi) is 4.15. The zero-order chi connectivity index (χ0) is 18.4. The molecule has 0 aromatic carbocycles. The van der Waals surface area contributed by atoms with Crippen LogP contribution in [0.4, 0.5) is 5.82 Å². The third-order valence-electron chi connectivity index (χ3n) is 5.13. The Morgan fingerprint density at radius 3 is 2.50 bits per heavy atom. The standard InChI is InChI=1S/C20H26N6/c1-13(2)12-24-6-8-25(9-7-24)17-11-16(5)22-20-18-14(3)10-15(4)21-19(18)23-26(17)20/h10-11H,1,6-9,12H2,2-5H3/p+1. The number of hydrogen-bond acceptors (Lipinski definition) is 4. The van der Waals surface area contributed by atoms with Crippen LogP contribution in [0.5, 0.6) is 0 Å². The third-order valence-corrected chi connectivity index (χ3v) is 5.13. The van der Waals surface area contributed by atoms with Crippen LogP contribution in [0.25, 0.3) is 16.7 Å². The van der Waals surface area contributed by atoms with Crippen LogP contribution >= 0.6 is 0 Å². The molecular formula is C20H27N6+. The van der Waals surface area contributed by atoms with Crippen LogP contribution in [0.2, 0.25) is 0 Å². The quantitative estimate of drug-likeness (QED) is 0.727. The highest BCUT2D eigenvalue weighted by Gasteiger charge is 2.23. The van der Waals surface area contributed by atoms with E-state index in [0.717, 1.165) is 66.6 Å². The van der Waals surface area contributed by atoms with Crippen molar-refractivity contribution in [2.24, 2.45) is 0 Å². The van der Waals surface area contributed by atoms with Crippen molar-refractivity contribution in [3.8, 4) is 0 Å². The largest absolute Gasteiger partial charge is 0.345 e. The molecule has 0 aliphatic carbocycles. The van der Waals surface area contributed by atoms with Gasteiger partial charge in [-0.05, 0) is 44.9 Å². The number of nitrogens with one attached hydrogen (secondary N) is 1. The first-order valence-electron chi connectivity index (χ1n) is 9.29. The molecule has 4 heterocycles. The number of pyridine rings is 1. The van der Waals surface area contributed by atoms with Gasteiger partial charge in [-0.25, -0.2) is 9.97 Å². The topological polar surface area (TPSA) is 50.8 Å². The first-order valence-corrected chi connectivity index (χ1v) is 9.29. The van der Waals surface area contributed by atoms with E-state index in [0.29, 0.717) is 0 Å². The number of hydrogen-bond donors (Lipinski definition) is 1. The van der Waals surface area contributed by atoms with Crippen LogP contribution in [0, 0.1) is 20.8 Å². The Morgan fingerprint density at radius 1 is 1.12 bits per heavy atom. The Labute approximate surface area is 154 Å². The fourth-order valence-corrected chi connectivity index (χ4v) is 4.00. The van der Waals surface area contributed by atoms with Gasteiger partial charge in [0.1, 0.15) is 5.82 Å². The smallest absolute Gasteiger partial charge is 0.184 e. The van der Waals surface area contributed by atoms with Crippen molar-refractivity contribution in [2.75, 3.05) is 37.6 Å². The molecule has 136 valence electrons. The summed E-state index contributed by atoms with van der Waals surface area (Å²) in [5.41, 5.74) is 6.15. The van der Waals surface area contributed by atoms with Gasteiger partial charge in [0.25, 0.3) is 0 Å². The summed E-state index contributed by atoms with van der Waals surface area (Å²) < 4.78 is 1.99. The van der Waals surface area contributed by atoms with Gasteiger partial charge in [0.05, 0.1) is 38.1 Å². The first kappa shape index (κ1) is 17.0. The Morgan fingerprint density at radius 2 is 1.81 bits per heavy atom. The summed E-state index contributed by atoms with van der Waals surface area (Å²) in [7, 11) is 0. The second-order valence-corrected chi connectivity index (χ2v) is 7.64. The van der Waals surface area contributed by atoms with Crippen LogP contribution in [0.15, 0.2) is 24.3 Å². The highest BCUT2D eigenvalue weighted by atomic mass is 15.4. The number of aryl methyl sites for hydroxylation is 3. The van der Waals surface area contributed by atoms with E-state index in [1.807, 2.05) is 11.4 Å². The zero-order valence-corrected chi connectivity index (χ0v) is 16.1. The molecule has 0 unspecified atom stereocenters. The summed E-state index contributed by atoms with van der Waals surface area (Å²) in [4.78, 5) is 13.4. The van der Waals surface area contributed by atoms with Gasteiger partial charge < -0.3 is 9.80 Å². The maximum atomic E-state index is 4.80. The Hall–Kier alpha value is -2.47. The first-order chi connectivity index (χ1) is 12.4. The van der Waals surface area contributed by atoms with E-state index in [2.05, 4.69) is 49.4 Å². The molecule has 6 heteroatoms. The van der Waals surface area contributed by atoms with Gasteiger partial charge in [-0.15, -0.1) is 5.10 Å². The van der Waals surface area contributed by atoms with Crippen molar-refractivity contribution in [1.29, 1.82) is 0 Å². The molecule has 0 radical (unpaired) electrons. The van der Waals surface area contributed by atoms with Crippen molar-refractivity contribution in [3.05, 3.63) is 41.2 Å². The maximum absolute atomic E-state index is 4.80. The lowest BCUT2D eigenvalue weighted by Gasteiger charge is -2.33. The lowest BCUT2D eigenvalue weighted by Crippen LogP contribution is -3.15. The predicted octanol–water partition coefficient (Wildman–Crippen LogP) is 1.48. The number of quaternary nitrogens is 1. The summed E-state index contributed by atoms with van der Waals surface area (Å²) in [6.07, 6.45) is 0. The fraction of sp³-hybridized carbons (Fsp3) is 0.450. The molecule has 1 N–H and O–H groups in total. The average molecular weight is 351 g/mol. The molecule has 6 nitrogen and oxygen atoms in total. The summed E-state index contributed by atoms with van der Waals surface area (Å²) in [5, 5.41) is 5.86. The minimum atomic E-state index is 0.786. The molecule has 1 fully saturated rings. The molecule has 0 bridgehead atoms. The molecule has 0 amide bonds. The number of anilines is 1. The normalized spacial score (nSPS) is 15.9. The van der Waals surface area contributed by atoms with E-state index < -0.39 is 0 Å². The van der Waals surface area contributed by atoms with Crippen LogP contribution in [0.3, 0.4) is 0 Å². The third kappa shape index (κ3) is 2.94. The van der Waals surface area contributed by atoms with Crippen LogP contribution in [0.1, 0.15) is 23.9 Å². The van der Waals surface area contributed by atoms with Gasteiger partial charge in [-0.3, -0.25) is 0 Å². The summed E-state index contributed by atoms with van der Waals surface area (Å²) in [6, 6.07) is 4.25. The minimum Gasteiger partial charge on any atom is -0.345 e. The SMILES string of the molecule is C=C(C)C[NH+]1CCN(c2cc(C)nc3c4c(C)cc(C)nc4nn23)CC1. The number of aromatic nitrogens is 4. The van der Waals surface area contributed by atoms with Gasteiger partial charge in [0, 0.05) is 17.5 Å². The summed E-state index contributed by atoms with van der Waals surface area (Å²) in [5.74, 6) is 1.12. The van der Waals surface area contributed by atoms with Gasteiger partial charge in [0.2, 0.25) is 0 Å². The van der Waals surface area contributed by atoms with Gasteiger partial charge in [-0.1, -0.05) is 6.58 Å². The van der Waals surface area contributed by atoms with E-state index in [1.54, 1.807) is 4.90 Å². The Balaban J connectivity index is 1.76. The van der Waals surface area contributed by atoms with Crippen LogP contribution in [-0.2, 0) is 0 Å². The van der Waals surface area contributed by atoms with Crippen molar-refractivity contribution < 1.29 is 4.90 Å². The molecular weight excluding hydrogens is 324 g/mol. The summed E-state index contributed by atoms with van der Waals surface area (Å²) >= 11 is 0. The van der Waals surface area contributed by atoms with E-state index in [9.17, 15) is 0 Å². The monoisotopic (exact) mass is 351 g/mol. The second-order valence-electron chi connectivity index (χ2n) is 7.64. The molecule has 0 saturated carbocycles. The summed E-state index contributed by atoms with van der Waals surface area (Å²) in [6.45, 7) is 17.7. The minimum absolute atomic E-state index is 0.786. The highest BCUT2D eigenvalue weighted by Crippen LogP contribution is 2.26. The number of rotatable bonds is 3. The van der Waals surface area contributed by atoms with Gasteiger partial charge >= 0.3 is 0 Å². The zero-order valence-electron chi connectivity index (χ0n) is 16.1. The van der Waals surface area contributed by atoms with Crippen molar-refractivity contribution in [3.63, 3.8) is 0 Å². The van der Waals surface area contributed by atoms with Crippen molar-refractivity contribution in [2.45, 2.75) is 27.7 Å². The van der Waals surface area contributed by atoms with E-state index >= 15 is 0 Å². The maximum Gasteiger partial charge on any atom is 0.184 e. The predicted molar refractivity (Wildman–Crippen MR) is 105 cm³/mol. The van der Waals surface area contributed by atoms with E-state index in [1.165, 1.54) is 11.1 Å².